The van der Waals surface area contributed by atoms with Gasteiger partial charge in [0.1, 0.15) is 0 Å². The molecule has 0 spiro atoms. The summed E-state index contributed by atoms with van der Waals surface area (Å²) in [5.74, 6) is 1.01. The fourth-order valence-corrected chi connectivity index (χ4v) is 3.89. The monoisotopic (exact) mass is 390 g/mol. The first-order chi connectivity index (χ1) is 12.7. The van der Waals surface area contributed by atoms with Gasteiger partial charge in [-0.25, -0.2) is 4.98 Å². The maximum absolute atomic E-state index is 12.7. The van der Waals surface area contributed by atoms with Crippen molar-refractivity contribution in [3.8, 4) is 0 Å². The van der Waals surface area contributed by atoms with Crippen molar-refractivity contribution < 1.29 is 9.59 Å². The molecule has 0 saturated carbocycles. The van der Waals surface area contributed by atoms with Crippen molar-refractivity contribution in [1.82, 2.24) is 14.8 Å². The summed E-state index contributed by atoms with van der Waals surface area (Å²) in [6.45, 7) is 4.31. The van der Waals surface area contributed by atoms with Crippen LogP contribution in [0.15, 0.2) is 35.8 Å². The maximum atomic E-state index is 12.7. The number of anilines is 1. The molecule has 0 bridgehead atoms. The second-order valence-electron chi connectivity index (χ2n) is 5.95. The number of benzene rings is 1. The molecule has 0 aliphatic carbocycles. The summed E-state index contributed by atoms with van der Waals surface area (Å²) < 4.78 is 3.27. The molecule has 2 heterocycles. The molecule has 1 fully saturated rings. The zero-order valence-electron chi connectivity index (χ0n) is 14.7. The van der Waals surface area contributed by atoms with E-state index in [1.165, 1.54) is 11.3 Å². The minimum Gasteiger partial charge on any atom is -0.335 e. The molecular weight excluding hydrogens is 368 g/mol. The van der Waals surface area contributed by atoms with Crippen LogP contribution in [0.2, 0.25) is 0 Å². The smallest absolute Gasteiger partial charge is 0.282 e. The predicted molar refractivity (Wildman–Crippen MR) is 107 cm³/mol. The highest BCUT2D eigenvalue weighted by atomic mass is 32.2. The van der Waals surface area contributed by atoms with Gasteiger partial charge in [0, 0.05) is 54.8 Å². The molecule has 0 atom stereocenters. The van der Waals surface area contributed by atoms with Gasteiger partial charge in [-0.1, -0.05) is 18.9 Å². The lowest BCUT2D eigenvalue weighted by molar-refractivity contribution is 0.0535. The Balaban J connectivity index is 1.52. The van der Waals surface area contributed by atoms with Crippen molar-refractivity contribution in [3.05, 3.63) is 46.4 Å². The Hall–Kier alpha value is -2.06. The van der Waals surface area contributed by atoms with Crippen molar-refractivity contribution >= 4 is 40.8 Å². The molecule has 1 N–H and O–H groups in total. The van der Waals surface area contributed by atoms with Crippen LogP contribution < -0.4 is 4.72 Å². The molecule has 0 unspecified atom stereocenters. The molecule has 1 saturated heterocycles. The highest BCUT2D eigenvalue weighted by Crippen LogP contribution is 2.17. The average molecular weight is 391 g/mol. The van der Waals surface area contributed by atoms with E-state index >= 15 is 0 Å². The van der Waals surface area contributed by atoms with E-state index in [4.69, 9.17) is 0 Å². The molecular formula is C18H22N4O2S2. The zero-order chi connectivity index (χ0) is 18.4. The Morgan fingerprint density at radius 1 is 1.12 bits per heavy atom. The van der Waals surface area contributed by atoms with Crippen LogP contribution >= 0.6 is 23.3 Å². The van der Waals surface area contributed by atoms with Crippen molar-refractivity contribution in [1.29, 1.82) is 0 Å². The van der Waals surface area contributed by atoms with Crippen LogP contribution in [0.25, 0.3) is 0 Å². The number of amides is 2. The van der Waals surface area contributed by atoms with E-state index in [0.717, 1.165) is 17.9 Å². The van der Waals surface area contributed by atoms with Crippen LogP contribution in [0.5, 0.6) is 0 Å². The van der Waals surface area contributed by atoms with E-state index in [1.807, 2.05) is 24.3 Å². The van der Waals surface area contributed by atoms with Crippen LogP contribution in [0.1, 0.15) is 33.5 Å². The molecule has 26 heavy (non-hydrogen) atoms. The molecule has 1 aliphatic heterocycles. The van der Waals surface area contributed by atoms with E-state index in [0.29, 0.717) is 36.8 Å². The van der Waals surface area contributed by atoms with Gasteiger partial charge in [-0.3, -0.25) is 9.59 Å². The first-order valence-corrected chi connectivity index (χ1v) is 10.5. The van der Waals surface area contributed by atoms with Crippen LogP contribution in [0, 0.1) is 0 Å². The Morgan fingerprint density at radius 2 is 1.77 bits per heavy atom. The number of carbonyl (C=O) groups excluding carboxylic acids is 2. The summed E-state index contributed by atoms with van der Waals surface area (Å²) in [4.78, 5) is 32.6. The predicted octanol–water partition coefficient (Wildman–Crippen LogP) is 3.21. The number of hydrogen-bond donors (Lipinski definition) is 1. The summed E-state index contributed by atoms with van der Waals surface area (Å²) >= 11 is 3.01. The summed E-state index contributed by atoms with van der Waals surface area (Å²) in [7, 11) is 0. The molecule has 6 nitrogen and oxygen atoms in total. The van der Waals surface area contributed by atoms with Gasteiger partial charge < -0.3 is 14.5 Å². The molecule has 0 radical (unpaired) electrons. The normalized spacial score (nSPS) is 14.3. The highest BCUT2D eigenvalue weighted by Gasteiger charge is 2.26. The van der Waals surface area contributed by atoms with Crippen LogP contribution in [0.3, 0.4) is 0 Å². The largest absolute Gasteiger partial charge is 0.335 e. The fourth-order valence-electron chi connectivity index (χ4n) is 2.68. The maximum Gasteiger partial charge on any atom is 0.282 e. The van der Waals surface area contributed by atoms with Crippen LogP contribution in [-0.4, -0.2) is 58.5 Å². The Morgan fingerprint density at radius 3 is 2.35 bits per heavy atom. The highest BCUT2D eigenvalue weighted by molar-refractivity contribution is 8.00. The molecule has 1 aliphatic rings. The number of piperazine rings is 1. The van der Waals surface area contributed by atoms with Gasteiger partial charge in [-0.05, 0) is 30.7 Å². The van der Waals surface area contributed by atoms with Gasteiger partial charge in [0.25, 0.3) is 11.8 Å². The van der Waals surface area contributed by atoms with Gasteiger partial charge in [0.05, 0.1) is 0 Å². The van der Waals surface area contributed by atoms with Crippen LogP contribution in [0.4, 0.5) is 5.69 Å². The third-order valence-electron chi connectivity index (χ3n) is 4.10. The number of thiazole rings is 1. The number of hydrogen-bond acceptors (Lipinski definition) is 6. The van der Waals surface area contributed by atoms with Gasteiger partial charge in [0.2, 0.25) is 0 Å². The van der Waals surface area contributed by atoms with Gasteiger partial charge in [-0.2, -0.15) is 0 Å². The van der Waals surface area contributed by atoms with Crippen molar-refractivity contribution in [2.24, 2.45) is 0 Å². The first kappa shape index (κ1) is 18.7. The number of nitrogens with one attached hydrogen (secondary N) is 1. The van der Waals surface area contributed by atoms with Crippen molar-refractivity contribution in [3.63, 3.8) is 0 Å². The third-order valence-corrected chi connectivity index (χ3v) is 5.85. The lowest BCUT2D eigenvalue weighted by atomic mass is 10.1. The molecule has 1 aromatic carbocycles. The van der Waals surface area contributed by atoms with Crippen LogP contribution in [-0.2, 0) is 0 Å². The van der Waals surface area contributed by atoms with Crippen molar-refractivity contribution in [2.75, 3.05) is 36.7 Å². The lowest BCUT2D eigenvalue weighted by Crippen LogP contribution is -2.50. The second-order valence-corrected chi connectivity index (χ2v) is 7.75. The minimum atomic E-state index is -0.0490. The number of carbonyl (C=O) groups is 2. The van der Waals surface area contributed by atoms with Gasteiger partial charge in [0.15, 0.2) is 5.01 Å². The Bertz CT molecular complexity index is 726. The zero-order valence-corrected chi connectivity index (χ0v) is 16.3. The summed E-state index contributed by atoms with van der Waals surface area (Å²) in [5, 5.41) is 2.31. The average Bonchev–Trinajstić information content (AvgIpc) is 3.23. The number of rotatable bonds is 6. The SMILES string of the molecule is CCCSNc1ccc(C(=O)N2CCN(C(=O)c3nccs3)CC2)cc1. The van der Waals surface area contributed by atoms with E-state index in [-0.39, 0.29) is 11.8 Å². The summed E-state index contributed by atoms with van der Waals surface area (Å²) in [5.41, 5.74) is 1.68. The van der Waals surface area contributed by atoms with Crippen molar-refractivity contribution in [2.45, 2.75) is 13.3 Å². The molecule has 8 heteroatoms. The quantitative estimate of drug-likeness (QED) is 0.606. The molecule has 2 aromatic rings. The molecule has 1 aromatic heterocycles. The number of aromatic nitrogens is 1. The lowest BCUT2D eigenvalue weighted by Gasteiger charge is -2.34. The van der Waals surface area contributed by atoms with E-state index in [1.54, 1.807) is 33.3 Å². The number of nitrogens with zero attached hydrogens (tertiary/aromatic N) is 3. The molecule has 2 amide bonds. The topological polar surface area (TPSA) is 65.5 Å². The molecule has 3 rings (SSSR count). The van der Waals surface area contributed by atoms with E-state index in [2.05, 4.69) is 16.6 Å². The summed E-state index contributed by atoms with van der Waals surface area (Å²) in [6.07, 6.45) is 2.75. The Labute approximate surface area is 161 Å². The van der Waals surface area contributed by atoms with Gasteiger partial charge in [-0.15, -0.1) is 11.3 Å². The standard InChI is InChI=1S/C18H22N4O2S2/c1-2-12-26-20-15-5-3-14(4-6-15)17(23)21-8-10-22(11-9-21)18(24)16-19-7-13-25-16/h3-7,13,20H,2,8-12H2,1H3. The van der Waals surface area contributed by atoms with E-state index in [9.17, 15) is 9.59 Å². The first-order valence-electron chi connectivity index (χ1n) is 8.65. The van der Waals surface area contributed by atoms with E-state index < -0.39 is 0 Å². The third kappa shape index (κ3) is 4.56. The van der Waals surface area contributed by atoms with Gasteiger partial charge >= 0.3 is 0 Å². The Kier molecular flexibility index (Phi) is 6.51. The fraction of sp³-hybridized carbons (Fsp3) is 0.389. The minimum absolute atomic E-state index is 0.0131. The summed E-state index contributed by atoms with van der Waals surface area (Å²) in [6, 6.07) is 7.56. The second kappa shape index (κ2) is 9.05. The molecule has 138 valence electrons.